The van der Waals surface area contributed by atoms with Crippen molar-refractivity contribution in [3.63, 3.8) is 0 Å². The highest BCUT2D eigenvalue weighted by molar-refractivity contribution is 5.78. The van der Waals surface area contributed by atoms with Gasteiger partial charge in [-0.25, -0.2) is 0 Å². The van der Waals surface area contributed by atoms with E-state index in [0.717, 1.165) is 13.1 Å². The van der Waals surface area contributed by atoms with Crippen LogP contribution >= 0.6 is 0 Å². The van der Waals surface area contributed by atoms with Crippen molar-refractivity contribution >= 4 is 5.91 Å². The minimum absolute atomic E-state index is 0.0775. The third-order valence-corrected chi connectivity index (χ3v) is 1.95. The van der Waals surface area contributed by atoms with Gasteiger partial charge in [0, 0.05) is 26.1 Å². The normalized spacial score (nSPS) is 13.1. The van der Waals surface area contributed by atoms with Crippen LogP contribution in [0.5, 0.6) is 0 Å². The first-order valence-electron chi connectivity index (χ1n) is 4.88. The minimum Gasteiger partial charge on any atom is -0.345 e. The number of carbonyl (C=O) groups is 1. The highest BCUT2D eigenvalue weighted by atomic mass is 16.2. The summed E-state index contributed by atoms with van der Waals surface area (Å²) >= 11 is 0. The molecule has 0 fully saturated rings. The van der Waals surface area contributed by atoms with Crippen molar-refractivity contribution in [1.29, 1.82) is 0 Å². The first-order valence-corrected chi connectivity index (χ1v) is 4.88. The summed E-state index contributed by atoms with van der Waals surface area (Å²) in [5.74, 6) is 0.840. The lowest BCUT2D eigenvalue weighted by molar-refractivity contribution is -0.133. The second-order valence-electron chi connectivity index (χ2n) is 4.07. The van der Waals surface area contributed by atoms with Crippen molar-refractivity contribution in [3.05, 3.63) is 0 Å². The van der Waals surface area contributed by atoms with Crippen LogP contribution in [0.25, 0.3) is 0 Å². The lowest BCUT2D eigenvalue weighted by Gasteiger charge is -2.22. The van der Waals surface area contributed by atoms with Crippen molar-refractivity contribution in [2.24, 2.45) is 11.8 Å². The van der Waals surface area contributed by atoms with Crippen molar-refractivity contribution < 1.29 is 4.79 Å². The summed E-state index contributed by atoms with van der Waals surface area (Å²) in [6.45, 7) is 7.78. The monoisotopic (exact) mass is 186 g/mol. The molecule has 0 radical (unpaired) electrons. The number of nitrogens with one attached hydrogen (secondary N) is 1. The molecule has 0 rings (SSSR count). The Bertz CT molecular complexity index is 157. The molecule has 0 aliphatic heterocycles. The smallest absolute Gasteiger partial charge is 0.226 e. The quantitative estimate of drug-likeness (QED) is 0.693. The summed E-state index contributed by atoms with van der Waals surface area (Å²) in [6, 6.07) is 0. The maximum Gasteiger partial charge on any atom is 0.226 e. The van der Waals surface area contributed by atoms with Gasteiger partial charge in [0.05, 0.1) is 0 Å². The number of nitrogens with zero attached hydrogens (tertiary/aromatic N) is 1. The molecule has 78 valence electrons. The van der Waals surface area contributed by atoms with Crippen molar-refractivity contribution in [2.45, 2.75) is 20.8 Å². The standard InChI is InChI=1S/C10H22N2O/c1-8(2)7-12(5)10(13)9(3)6-11-4/h8-9,11H,6-7H2,1-5H3. The number of amides is 1. The number of hydrogen-bond donors (Lipinski definition) is 1. The highest BCUT2D eigenvalue weighted by Gasteiger charge is 2.16. The van der Waals surface area contributed by atoms with E-state index in [9.17, 15) is 4.79 Å². The van der Waals surface area contributed by atoms with Crippen LogP contribution in [0.15, 0.2) is 0 Å². The fourth-order valence-corrected chi connectivity index (χ4v) is 1.41. The molecule has 1 N–H and O–H groups in total. The molecule has 0 spiro atoms. The molecule has 1 unspecified atom stereocenters. The van der Waals surface area contributed by atoms with Gasteiger partial charge >= 0.3 is 0 Å². The zero-order valence-corrected chi connectivity index (χ0v) is 9.42. The van der Waals surface area contributed by atoms with Crippen LogP contribution in [0, 0.1) is 11.8 Å². The van der Waals surface area contributed by atoms with Crippen LogP contribution in [0.4, 0.5) is 0 Å². The van der Waals surface area contributed by atoms with E-state index in [4.69, 9.17) is 0 Å². The zero-order chi connectivity index (χ0) is 10.4. The summed E-state index contributed by atoms with van der Waals surface area (Å²) in [4.78, 5) is 13.5. The molecule has 0 aliphatic carbocycles. The topological polar surface area (TPSA) is 32.3 Å². The largest absolute Gasteiger partial charge is 0.345 e. The van der Waals surface area contributed by atoms with Gasteiger partial charge in [-0.2, -0.15) is 0 Å². The van der Waals surface area contributed by atoms with E-state index in [1.807, 2.05) is 25.9 Å². The molecule has 1 amide bonds. The Kier molecular flexibility index (Phi) is 5.71. The summed E-state index contributed by atoms with van der Waals surface area (Å²) in [5, 5.41) is 3.01. The molecular weight excluding hydrogens is 164 g/mol. The van der Waals surface area contributed by atoms with Crippen LogP contribution < -0.4 is 5.32 Å². The Balaban J connectivity index is 3.94. The Morgan fingerprint density at radius 1 is 1.38 bits per heavy atom. The van der Waals surface area contributed by atoms with Gasteiger partial charge in [0.25, 0.3) is 0 Å². The summed E-state index contributed by atoms with van der Waals surface area (Å²) < 4.78 is 0. The number of hydrogen-bond acceptors (Lipinski definition) is 2. The van der Waals surface area contributed by atoms with Crippen LogP contribution in [-0.4, -0.2) is 38.0 Å². The van der Waals surface area contributed by atoms with Gasteiger partial charge in [0.1, 0.15) is 0 Å². The predicted molar refractivity (Wildman–Crippen MR) is 55.6 cm³/mol. The third kappa shape index (κ3) is 4.88. The van der Waals surface area contributed by atoms with Crippen molar-refractivity contribution in [2.75, 3.05) is 27.2 Å². The molecule has 0 saturated carbocycles. The first-order chi connectivity index (χ1) is 5.99. The van der Waals surface area contributed by atoms with Gasteiger partial charge in [0.15, 0.2) is 0 Å². The Morgan fingerprint density at radius 3 is 2.31 bits per heavy atom. The number of carbonyl (C=O) groups excluding carboxylic acids is 1. The summed E-state index contributed by atoms with van der Waals surface area (Å²) in [5.41, 5.74) is 0. The van der Waals surface area contributed by atoms with Gasteiger partial charge in [-0.15, -0.1) is 0 Å². The molecule has 13 heavy (non-hydrogen) atoms. The fraction of sp³-hybridized carbons (Fsp3) is 0.900. The molecule has 0 saturated heterocycles. The summed E-state index contributed by atoms with van der Waals surface area (Å²) in [7, 11) is 3.74. The predicted octanol–water partition coefficient (Wildman–Crippen LogP) is 0.956. The maximum absolute atomic E-state index is 11.7. The highest BCUT2D eigenvalue weighted by Crippen LogP contribution is 2.02. The van der Waals surface area contributed by atoms with E-state index in [1.54, 1.807) is 0 Å². The van der Waals surface area contributed by atoms with E-state index in [-0.39, 0.29) is 11.8 Å². The van der Waals surface area contributed by atoms with Crippen LogP contribution in [0.1, 0.15) is 20.8 Å². The molecule has 0 aromatic carbocycles. The molecule has 1 atom stereocenters. The Morgan fingerprint density at radius 2 is 1.92 bits per heavy atom. The fourth-order valence-electron chi connectivity index (χ4n) is 1.41. The average Bonchev–Trinajstić information content (AvgIpc) is 2.02. The third-order valence-electron chi connectivity index (χ3n) is 1.95. The molecule has 0 heterocycles. The zero-order valence-electron chi connectivity index (χ0n) is 9.42. The molecule has 0 bridgehead atoms. The van der Waals surface area contributed by atoms with Gasteiger partial charge in [-0.1, -0.05) is 20.8 Å². The maximum atomic E-state index is 11.7. The van der Waals surface area contributed by atoms with Crippen LogP contribution in [-0.2, 0) is 4.79 Å². The van der Waals surface area contributed by atoms with E-state index in [2.05, 4.69) is 19.2 Å². The summed E-state index contributed by atoms with van der Waals surface area (Å²) in [6.07, 6.45) is 0. The second-order valence-corrected chi connectivity index (χ2v) is 4.07. The van der Waals surface area contributed by atoms with Gasteiger partial charge in [-0.05, 0) is 13.0 Å². The van der Waals surface area contributed by atoms with E-state index >= 15 is 0 Å². The number of rotatable bonds is 5. The molecule has 0 aliphatic rings. The van der Waals surface area contributed by atoms with Crippen LogP contribution in [0.3, 0.4) is 0 Å². The minimum atomic E-state index is 0.0775. The molecule has 0 aromatic heterocycles. The second kappa shape index (κ2) is 5.97. The lowest BCUT2D eigenvalue weighted by atomic mass is 10.1. The van der Waals surface area contributed by atoms with Crippen molar-refractivity contribution in [3.8, 4) is 0 Å². The Hall–Kier alpha value is -0.570. The molecular formula is C10H22N2O. The van der Waals surface area contributed by atoms with E-state index in [0.29, 0.717) is 5.92 Å². The van der Waals surface area contributed by atoms with E-state index < -0.39 is 0 Å². The molecule has 3 heteroatoms. The Labute approximate surface area is 81.5 Å². The van der Waals surface area contributed by atoms with Crippen molar-refractivity contribution in [1.82, 2.24) is 10.2 Å². The van der Waals surface area contributed by atoms with Gasteiger partial charge in [0.2, 0.25) is 5.91 Å². The van der Waals surface area contributed by atoms with Gasteiger partial charge < -0.3 is 10.2 Å². The molecule has 0 aromatic rings. The lowest BCUT2D eigenvalue weighted by Crippen LogP contribution is -2.37. The molecule has 3 nitrogen and oxygen atoms in total. The SMILES string of the molecule is CNCC(C)C(=O)N(C)CC(C)C. The first kappa shape index (κ1) is 12.4. The van der Waals surface area contributed by atoms with E-state index in [1.165, 1.54) is 0 Å². The van der Waals surface area contributed by atoms with Gasteiger partial charge in [-0.3, -0.25) is 4.79 Å². The average molecular weight is 186 g/mol. The van der Waals surface area contributed by atoms with Crippen LogP contribution in [0.2, 0.25) is 0 Å².